The molecule has 0 aliphatic carbocycles. The van der Waals surface area contributed by atoms with Gasteiger partial charge in [0.05, 0.1) is 6.61 Å². The van der Waals surface area contributed by atoms with Crippen LogP contribution in [0.15, 0.2) is 59.7 Å². The summed E-state index contributed by atoms with van der Waals surface area (Å²) in [6.07, 6.45) is 1.64. The van der Waals surface area contributed by atoms with Crippen molar-refractivity contribution < 1.29 is 19.1 Å². The Labute approximate surface area is 149 Å². The summed E-state index contributed by atoms with van der Waals surface area (Å²) in [4.78, 5) is 26.9. The summed E-state index contributed by atoms with van der Waals surface area (Å²) in [5, 5.41) is 2.98. The van der Waals surface area contributed by atoms with Crippen LogP contribution < -0.4 is 5.32 Å². The van der Waals surface area contributed by atoms with Crippen LogP contribution in [0.3, 0.4) is 0 Å². The summed E-state index contributed by atoms with van der Waals surface area (Å²) in [5.41, 5.74) is 0.588. The molecule has 0 saturated heterocycles. The third-order valence-electron chi connectivity index (χ3n) is 3.44. The largest absolute Gasteiger partial charge is 0.462 e. The SMILES string of the molecule is CCOC(=O)C1=C(Nc2ccccc2)O/C(=C\c2ccc(C)s2)C1=O. The summed E-state index contributed by atoms with van der Waals surface area (Å²) in [5.74, 6) is -0.989. The number of carbonyl (C=O) groups is 2. The van der Waals surface area contributed by atoms with Crippen LogP contribution in [0.1, 0.15) is 16.7 Å². The molecule has 5 nitrogen and oxygen atoms in total. The molecule has 2 heterocycles. The minimum Gasteiger partial charge on any atom is -0.462 e. The highest BCUT2D eigenvalue weighted by molar-refractivity contribution is 7.12. The molecule has 0 atom stereocenters. The lowest BCUT2D eigenvalue weighted by Crippen LogP contribution is -2.16. The van der Waals surface area contributed by atoms with Crippen molar-refractivity contribution in [2.75, 3.05) is 11.9 Å². The van der Waals surface area contributed by atoms with E-state index in [0.29, 0.717) is 5.69 Å². The summed E-state index contributed by atoms with van der Waals surface area (Å²) in [6.45, 7) is 3.85. The summed E-state index contributed by atoms with van der Waals surface area (Å²) in [7, 11) is 0. The lowest BCUT2D eigenvalue weighted by molar-refractivity contribution is -0.139. The smallest absolute Gasteiger partial charge is 0.347 e. The first-order valence-electron chi connectivity index (χ1n) is 7.82. The van der Waals surface area contributed by atoms with Crippen molar-refractivity contribution in [3.8, 4) is 0 Å². The van der Waals surface area contributed by atoms with E-state index in [4.69, 9.17) is 9.47 Å². The van der Waals surface area contributed by atoms with E-state index in [1.807, 2.05) is 49.4 Å². The number of Topliss-reactive ketones (excluding diaryl/α,β-unsaturated/α-hetero) is 1. The lowest BCUT2D eigenvalue weighted by Gasteiger charge is -2.08. The van der Waals surface area contributed by atoms with Gasteiger partial charge < -0.3 is 14.8 Å². The molecule has 1 aliphatic heterocycles. The van der Waals surface area contributed by atoms with Crippen LogP contribution in [-0.2, 0) is 19.1 Å². The highest BCUT2D eigenvalue weighted by atomic mass is 32.1. The second-order valence-corrected chi connectivity index (χ2v) is 6.62. The van der Waals surface area contributed by atoms with Crippen molar-refractivity contribution in [1.29, 1.82) is 0 Å². The molecular formula is C19H17NO4S. The van der Waals surface area contributed by atoms with E-state index in [9.17, 15) is 9.59 Å². The summed E-state index contributed by atoms with van der Waals surface area (Å²) in [6, 6.07) is 13.0. The Morgan fingerprint density at radius 2 is 2.00 bits per heavy atom. The number of benzene rings is 1. The number of ketones is 1. The van der Waals surface area contributed by atoms with Crippen molar-refractivity contribution >= 4 is 34.9 Å². The fourth-order valence-corrected chi connectivity index (χ4v) is 3.13. The number of thiophene rings is 1. The third-order valence-corrected chi connectivity index (χ3v) is 4.38. The van der Waals surface area contributed by atoms with Gasteiger partial charge in [-0.2, -0.15) is 0 Å². The van der Waals surface area contributed by atoms with Crippen molar-refractivity contribution in [1.82, 2.24) is 0 Å². The number of anilines is 1. The van der Waals surface area contributed by atoms with Gasteiger partial charge in [0.2, 0.25) is 11.7 Å². The van der Waals surface area contributed by atoms with E-state index in [0.717, 1.165) is 9.75 Å². The number of nitrogens with one attached hydrogen (secondary N) is 1. The maximum Gasteiger partial charge on any atom is 0.347 e. The number of allylic oxidation sites excluding steroid dienone is 1. The molecule has 0 fully saturated rings. The number of hydrogen-bond acceptors (Lipinski definition) is 6. The molecule has 0 saturated carbocycles. The Balaban J connectivity index is 1.93. The zero-order chi connectivity index (χ0) is 17.8. The molecule has 128 valence electrons. The number of esters is 1. The van der Waals surface area contributed by atoms with Gasteiger partial charge in [0, 0.05) is 21.5 Å². The molecule has 0 amide bonds. The quantitative estimate of drug-likeness (QED) is 0.501. The van der Waals surface area contributed by atoms with E-state index >= 15 is 0 Å². The number of carbonyl (C=O) groups excluding carboxylic acids is 2. The Bertz CT molecular complexity index is 865. The third kappa shape index (κ3) is 3.80. The molecule has 25 heavy (non-hydrogen) atoms. The van der Waals surface area contributed by atoms with Gasteiger partial charge in [0.15, 0.2) is 11.3 Å². The minimum atomic E-state index is -0.698. The van der Waals surface area contributed by atoms with Crippen LogP contribution in [0.4, 0.5) is 5.69 Å². The van der Waals surface area contributed by atoms with Gasteiger partial charge in [-0.05, 0) is 38.1 Å². The van der Waals surface area contributed by atoms with Gasteiger partial charge in [-0.1, -0.05) is 18.2 Å². The van der Waals surface area contributed by atoms with Crippen LogP contribution in [0.25, 0.3) is 6.08 Å². The van der Waals surface area contributed by atoms with Gasteiger partial charge in [0.25, 0.3) is 0 Å². The highest BCUT2D eigenvalue weighted by Gasteiger charge is 2.37. The van der Waals surface area contributed by atoms with Gasteiger partial charge >= 0.3 is 5.97 Å². The number of aryl methyl sites for hydroxylation is 1. The average molecular weight is 355 g/mol. The van der Waals surface area contributed by atoms with E-state index in [-0.39, 0.29) is 23.8 Å². The number of rotatable bonds is 5. The Morgan fingerprint density at radius 1 is 1.24 bits per heavy atom. The molecule has 2 aromatic rings. The topological polar surface area (TPSA) is 64.6 Å². The number of hydrogen-bond donors (Lipinski definition) is 1. The van der Waals surface area contributed by atoms with Gasteiger partial charge in [-0.3, -0.25) is 4.79 Å². The standard InChI is InChI=1S/C19H17NO4S/c1-3-23-19(22)16-17(21)15(11-14-10-9-12(2)25-14)24-18(16)20-13-7-5-4-6-8-13/h4-11,20H,3H2,1-2H3/b15-11-. The molecule has 1 aromatic heterocycles. The maximum absolute atomic E-state index is 12.6. The van der Waals surface area contributed by atoms with Crippen LogP contribution >= 0.6 is 11.3 Å². The Kier molecular flexibility index (Phi) is 5.00. The van der Waals surface area contributed by atoms with Crippen molar-refractivity contribution in [2.24, 2.45) is 0 Å². The Morgan fingerprint density at radius 3 is 2.64 bits per heavy atom. The fourth-order valence-electron chi connectivity index (χ4n) is 2.32. The molecular weight excluding hydrogens is 338 g/mol. The first-order chi connectivity index (χ1) is 12.1. The van der Waals surface area contributed by atoms with E-state index in [1.165, 1.54) is 11.3 Å². The van der Waals surface area contributed by atoms with Gasteiger partial charge in [0.1, 0.15) is 0 Å². The normalized spacial score (nSPS) is 15.4. The molecule has 1 aromatic carbocycles. The number of ether oxygens (including phenoxy) is 2. The zero-order valence-corrected chi connectivity index (χ0v) is 14.7. The predicted molar refractivity (Wildman–Crippen MR) is 96.8 cm³/mol. The molecule has 0 spiro atoms. The second kappa shape index (κ2) is 7.36. The highest BCUT2D eigenvalue weighted by Crippen LogP contribution is 2.30. The van der Waals surface area contributed by atoms with E-state index in [2.05, 4.69) is 5.32 Å². The lowest BCUT2D eigenvalue weighted by atomic mass is 10.1. The van der Waals surface area contributed by atoms with E-state index < -0.39 is 11.8 Å². The number of para-hydroxylation sites is 1. The van der Waals surface area contributed by atoms with Gasteiger partial charge in [-0.15, -0.1) is 11.3 Å². The average Bonchev–Trinajstić information content (AvgIpc) is 3.13. The van der Waals surface area contributed by atoms with Crippen molar-refractivity contribution in [3.63, 3.8) is 0 Å². The minimum absolute atomic E-state index is 0.0918. The molecule has 6 heteroatoms. The zero-order valence-electron chi connectivity index (χ0n) is 13.9. The van der Waals surface area contributed by atoms with Crippen molar-refractivity contribution in [2.45, 2.75) is 13.8 Å². The van der Waals surface area contributed by atoms with Crippen LogP contribution in [-0.4, -0.2) is 18.4 Å². The van der Waals surface area contributed by atoms with Crippen LogP contribution in [0.2, 0.25) is 0 Å². The first kappa shape index (κ1) is 17.0. The monoisotopic (exact) mass is 355 g/mol. The molecule has 0 radical (unpaired) electrons. The summed E-state index contributed by atoms with van der Waals surface area (Å²) < 4.78 is 10.7. The van der Waals surface area contributed by atoms with Crippen LogP contribution in [0, 0.1) is 6.92 Å². The molecule has 0 unspecified atom stereocenters. The summed E-state index contributed by atoms with van der Waals surface area (Å²) >= 11 is 1.54. The second-order valence-electron chi connectivity index (χ2n) is 5.30. The molecule has 0 bridgehead atoms. The fraction of sp³-hybridized carbons (Fsp3) is 0.158. The molecule has 3 rings (SSSR count). The van der Waals surface area contributed by atoms with Gasteiger partial charge in [-0.25, -0.2) is 4.79 Å². The molecule has 1 aliphatic rings. The first-order valence-corrected chi connectivity index (χ1v) is 8.64. The van der Waals surface area contributed by atoms with Crippen molar-refractivity contribution in [3.05, 3.63) is 69.4 Å². The van der Waals surface area contributed by atoms with E-state index in [1.54, 1.807) is 13.0 Å². The predicted octanol–water partition coefficient (Wildman–Crippen LogP) is 3.88. The van der Waals surface area contributed by atoms with Crippen LogP contribution in [0.5, 0.6) is 0 Å². The Hall–Kier alpha value is -2.86. The molecule has 1 N–H and O–H groups in total. The maximum atomic E-state index is 12.6.